The van der Waals surface area contributed by atoms with E-state index in [1.807, 2.05) is 24.0 Å². The number of aromatic nitrogens is 5. The maximum atomic E-state index is 13.1. The first kappa shape index (κ1) is 19.7. The van der Waals surface area contributed by atoms with Gasteiger partial charge in [-0.3, -0.25) is 9.69 Å². The zero-order valence-corrected chi connectivity index (χ0v) is 17.7. The van der Waals surface area contributed by atoms with Crippen LogP contribution in [-0.4, -0.2) is 66.6 Å². The van der Waals surface area contributed by atoms with E-state index < -0.39 is 0 Å². The minimum atomic E-state index is -0.0336. The van der Waals surface area contributed by atoms with Crippen molar-refractivity contribution >= 4 is 23.2 Å². The highest BCUT2D eigenvalue weighted by Gasteiger charge is 2.27. The van der Waals surface area contributed by atoms with Crippen LogP contribution in [0.3, 0.4) is 0 Å². The Labute approximate surface area is 183 Å². The predicted molar refractivity (Wildman–Crippen MR) is 114 cm³/mol. The third-order valence-electron chi connectivity index (χ3n) is 5.37. The second-order valence-electron chi connectivity index (χ2n) is 7.44. The van der Waals surface area contributed by atoms with Gasteiger partial charge in [0.05, 0.1) is 12.2 Å². The molecule has 1 aromatic carbocycles. The lowest BCUT2D eigenvalue weighted by atomic mass is 10.2. The van der Waals surface area contributed by atoms with Gasteiger partial charge in [0.25, 0.3) is 5.91 Å². The normalized spacial score (nSPS) is 15.0. The first-order valence-corrected chi connectivity index (χ1v) is 10.4. The van der Waals surface area contributed by atoms with Crippen molar-refractivity contribution in [3.8, 4) is 11.4 Å². The maximum absolute atomic E-state index is 13.1. The lowest BCUT2D eigenvalue weighted by Crippen LogP contribution is -2.48. The summed E-state index contributed by atoms with van der Waals surface area (Å²) in [6.07, 6.45) is 3.47. The van der Waals surface area contributed by atoms with Crippen molar-refractivity contribution in [2.45, 2.75) is 13.5 Å². The standard InChI is InChI=1S/C21H20ClN7O2/c1-14-18(20-23-7-2-8-29(20)25-14)21(30)28-11-9-27(10-12-28)13-17-24-19(26-31-17)15-3-5-16(22)6-4-15/h2-8H,9-13H2,1H3. The number of hydrogen-bond donors (Lipinski definition) is 0. The first-order chi connectivity index (χ1) is 15.1. The fraction of sp³-hybridized carbons (Fsp3) is 0.286. The molecule has 1 aliphatic heterocycles. The number of piperazine rings is 1. The Morgan fingerprint density at radius 2 is 1.94 bits per heavy atom. The minimum Gasteiger partial charge on any atom is -0.338 e. The lowest BCUT2D eigenvalue weighted by Gasteiger charge is -2.33. The van der Waals surface area contributed by atoms with E-state index in [1.54, 1.807) is 35.1 Å². The van der Waals surface area contributed by atoms with Gasteiger partial charge in [-0.2, -0.15) is 10.1 Å². The SMILES string of the molecule is Cc1nn2cccnc2c1C(=O)N1CCN(Cc2nc(-c3ccc(Cl)cc3)no2)CC1. The fourth-order valence-electron chi connectivity index (χ4n) is 3.74. The quantitative estimate of drug-likeness (QED) is 0.484. The fourth-order valence-corrected chi connectivity index (χ4v) is 3.87. The van der Waals surface area contributed by atoms with Gasteiger partial charge in [0, 0.05) is 49.2 Å². The molecule has 158 valence electrons. The average molecular weight is 438 g/mol. The van der Waals surface area contributed by atoms with E-state index in [-0.39, 0.29) is 5.91 Å². The van der Waals surface area contributed by atoms with Crippen LogP contribution in [0.1, 0.15) is 21.9 Å². The predicted octanol–water partition coefficient (Wildman–Crippen LogP) is 2.70. The van der Waals surface area contributed by atoms with Gasteiger partial charge in [0.1, 0.15) is 5.56 Å². The van der Waals surface area contributed by atoms with Crippen LogP contribution in [0.15, 0.2) is 47.2 Å². The highest BCUT2D eigenvalue weighted by Crippen LogP contribution is 2.20. The summed E-state index contributed by atoms with van der Waals surface area (Å²) in [5.74, 6) is 1.05. The van der Waals surface area contributed by atoms with Crippen molar-refractivity contribution in [3.63, 3.8) is 0 Å². The van der Waals surface area contributed by atoms with Crippen LogP contribution in [0.25, 0.3) is 17.0 Å². The molecular formula is C21H20ClN7O2. The number of aryl methyl sites for hydroxylation is 1. The molecule has 31 heavy (non-hydrogen) atoms. The van der Waals surface area contributed by atoms with Gasteiger partial charge in [-0.15, -0.1) is 0 Å². The van der Waals surface area contributed by atoms with Crippen molar-refractivity contribution < 1.29 is 9.32 Å². The molecule has 0 N–H and O–H groups in total. The van der Waals surface area contributed by atoms with E-state index in [4.69, 9.17) is 16.1 Å². The summed E-state index contributed by atoms with van der Waals surface area (Å²) in [5.41, 5.74) is 2.70. The summed E-state index contributed by atoms with van der Waals surface area (Å²) in [6.45, 7) is 5.04. The third kappa shape index (κ3) is 3.89. The van der Waals surface area contributed by atoms with E-state index in [9.17, 15) is 4.79 Å². The summed E-state index contributed by atoms with van der Waals surface area (Å²) in [5, 5.41) is 9.12. The van der Waals surface area contributed by atoms with Crippen molar-refractivity contribution in [3.05, 3.63) is 64.9 Å². The number of fused-ring (bicyclic) bond motifs is 1. The molecule has 9 nitrogen and oxygen atoms in total. The molecule has 0 unspecified atom stereocenters. The maximum Gasteiger partial charge on any atom is 0.259 e. The topological polar surface area (TPSA) is 92.7 Å². The molecule has 4 aromatic rings. The van der Waals surface area contributed by atoms with Crippen LogP contribution in [0.2, 0.25) is 5.02 Å². The molecule has 4 heterocycles. The molecule has 0 saturated carbocycles. The molecule has 1 aliphatic rings. The second-order valence-corrected chi connectivity index (χ2v) is 7.87. The first-order valence-electron chi connectivity index (χ1n) is 9.98. The van der Waals surface area contributed by atoms with Crippen LogP contribution in [0.4, 0.5) is 0 Å². The molecule has 0 radical (unpaired) electrons. The molecule has 5 rings (SSSR count). The van der Waals surface area contributed by atoms with Crippen LogP contribution in [0.5, 0.6) is 0 Å². The number of carbonyl (C=O) groups is 1. The summed E-state index contributed by atoms with van der Waals surface area (Å²) in [4.78, 5) is 26.0. The molecule has 10 heteroatoms. The number of rotatable bonds is 4. The van der Waals surface area contributed by atoms with Crippen LogP contribution < -0.4 is 0 Å². The number of hydrogen-bond acceptors (Lipinski definition) is 7. The van der Waals surface area contributed by atoms with E-state index in [0.717, 1.165) is 18.7 Å². The summed E-state index contributed by atoms with van der Waals surface area (Å²) >= 11 is 5.93. The Kier molecular flexibility index (Phi) is 5.13. The molecule has 3 aromatic heterocycles. The Morgan fingerprint density at radius 3 is 2.71 bits per heavy atom. The number of benzene rings is 1. The number of nitrogens with zero attached hydrogens (tertiary/aromatic N) is 7. The van der Waals surface area contributed by atoms with E-state index in [2.05, 4.69) is 25.1 Å². The lowest BCUT2D eigenvalue weighted by molar-refractivity contribution is 0.0616. The number of halogens is 1. The molecule has 1 amide bonds. The molecule has 0 aliphatic carbocycles. The monoisotopic (exact) mass is 437 g/mol. The summed E-state index contributed by atoms with van der Waals surface area (Å²) in [6, 6.07) is 9.11. The minimum absolute atomic E-state index is 0.0336. The molecule has 1 fully saturated rings. The smallest absolute Gasteiger partial charge is 0.259 e. The van der Waals surface area contributed by atoms with Gasteiger partial charge in [0.2, 0.25) is 11.7 Å². The average Bonchev–Trinajstić information content (AvgIpc) is 3.38. The van der Waals surface area contributed by atoms with Crippen molar-refractivity contribution in [2.75, 3.05) is 26.2 Å². The molecule has 0 atom stereocenters. The van der Waals surface area contributed by atoms with Crippen LogP contribution in [0, 0.1) is 6.92 Å². The van der Waals surface area contributed by atoms with Crippen LogP contribution >= 0.6 is 11.6 Å². The summed E-state index contributed by atoms with van der Waals surface area (Å²) < 4.78 is 7.06. The van der Waals surface area contributed by atoms with Crippen LogP contribution in [-0.2, 0) is 6.54 Å². The van der Waals surface area contributed by atoms with Gasteiger partial charge in [0.15, 0.2) is 5.65 Å². The van der Waals surface area contributed by atoms with Crippen molar-refractivity contribution in [2.24, 2.45) is 0 Å². The van der Waals surface area contributed by atoms with E-state index in [1.165, 1.54) is 0 Å². The van der Waals surface area contributed by atoms with Gasteiger partial charge in [-0.05, 0) is 37.3 Å². The van der Waals surface area contributed by atoms with Gasteiger partial charge < -0.3 is 9.42 Å². The Bertz CT molecular complexity index is 1230. The largest absolute Gasteiger partial charge is 0.338 e. The zero-order valence-electron chi connectivity index (χ0n) is 16.9. The molecular weight excluding hydrogens is 418 g/mol. The van der Waals surface area contributed by atoms with E-state index in [0.29, 0.717) is 53.3 Å². The Morgan fingerprint density at radius 1 is 1.16 bits per heavy atom. The van der Waals surface area contributed by atoms with Crippen molar-refractivity contribution in [1.82, 2.24) is 34.5 Å². The van der Waals surface area contributed by atoms with E-state index >= 15 is 0 Å². The molecule has 0 bridgehead atoms. The highest BCUT2D eigenvalue weighted by atomic mass is 35.5. The van der Waals surface area contributed by atoms with Gasteiger partial charge >= 0.3 is 0 Å². The summed E-state index contributed by atoms with van der Waals surface area (Å²) in [7, 11) is 0. The van der Waals surface area contributed by atoms with Crippen molar-refractivity contribution in [1.29, 1.82) is 0 Å². The third-order valence-corrected chi connectivity index (χ3v) is 5.63. The highest BCUT2D eigenvalue weighted by molar-refractivity contribution is 6.30. The second kappa shape index (κ2) is 8.09. The Hall–Kier alpha value is -3.30. The molecule has 1 saturated heterocycles. The number of amides is 1. The Balaban J connectivity index is 1.22. The number of carbonyl (C=O) groups excluding carboxylic acids is 1. The molecule has 0 spiro atoms. The van der Waals surface area contributed by atoms with Gasteiger partial charge in [-0.1, -0.05) is 16.8 Å². The van der Waals surface area contributed by atoms with Gasteiger partial charge in [-0.25, -0.2) is 9.50 Å². The zero-order chi connectivity index (χ0) is 21.4.